The molecule has 1 aliphatic heterocycles. The number of hydrogen-bond donors (Lipinski definition) is 2. The molecule has 2 rings (SSSR count). The number of hydrogen-bond acceptors (Lipinski definition) is 7. The van der Waals surface area contributed by atoms with Gasteiger partial charge in [0.15, 0.2) is 11.5 Å². The molecule has 7 heteroatoms. The number of phenolic OH excluding ortho intramolecular Hbond substituents is 1. The smallest absolute Gasteiger partial charge is 0.336 e. The van der Waals surface area contributed by atoms with Crippen molar-refractivity contribution >= 4 is 11.9 Å². The minimum atomic E-state index is -0.726. The van der Waals surface area contributed by atoms with Crippen LogP contribution in [0, 0.1) is 11.8 Å². The van der Waals surface area contributed by atoms with Gasteiger partial charge in [-0.3, -0.25) is 0 Å². The maximum absolute atomic E-state index is 13.1. The van der Waals surface area contributed by atoms with Gasteiger partial charge in [-0.15, -0.1) is 0 Å². The van der Waals surface area contributed by atoms with Crippen molar-refractivity contribution in [1.29, 1.82) is 0 Å². The molecule has 1 aromatic carbocycles. The highest BCUT2D eigenvalue weighted by Crippen LogP contribution is 2.42. The second kappa shape index (κ2) is 11.1. The van der Waals surface area contributed by atoms with Crippen LogP contribution in [0.25, 0.3) is 0 Å². The van der Waals surface area contributed by atoms with Crippen LogP contribution in [0.4, 0.5) is 0 Å². The van der Waals surface area contributed by atoms with E-state index in [0.717, 1.165) is 0 Å². The summed E-state index contributed by atoms with van der Waals surface area (Å²) in [6.45, 7) is 14.1. The van der Waals surface area contributed by atoms with Gasteiger partial charge in [0.1, 0.15) is 0 Å². The molecule has 176 valence electrons. The molecule has 1 aliphatic rings. The predicted molar refractivity (Wildman–Crippen MR) is 122 cm³/mol. The van der Waals surface area contributed by atoms with Gasteiger partial charge in [0, 0.05) is 11.4 Å². The molecule has 0 atom stereocenters. The van der Waals surface area contributed by atoms with E-state index in [1.807, 2.05) is 34.6 Å². The highest BCUT2D eigenvalue weighted by molar-refractivity contribution is 6.00. The molecule has 0 unspecified atom stereocenters. The van der Waals surface area contributed by atoms with Crippen molar-refractivity contribution in [2.24, 2.45) is 11.8 Å². The van der Waals surface area contributed by atoms with Crippen LogP contribution in [0.5, 0.6) is 11.5 Å². The van der Waals surface area contributed by atoms with Crippen LogP contribution in [0.2, 0.25) is 0 Å². The maximum atomic E-state index is 13.1. The normalized spacial score (nSPS) is 14.7. The Morgan fingerprint density at radius 2 is 1.47 bits per heavy atom. The standard InChI is InChI=1S/C25H35NO6/c1-8-30-20-11-18(9-10-19(20)27)23-21(24(28)31-12-14(2)3)16(6)26-17(7)22(23)25(29)32-13-15(4)5/h9-11,14-15,23,26-27H,8,12-13H2,1-7H3. The van der Waals surface area contributed by atoms with Gasteiger partial charge >= 0.3 is 11.9 Å². The van der Waals surface area contributed by atoms with E-state index in [2.05, 4.69) is 5.32 Å². The van der Waals surface area contributed by atoms with Crippen LogP contribution in [0.15, 0.2) is 40.7 Å². The zero-order valence-corrected chi connectivity index (χ0v) is 20.1. The summed E-state index contributed by atoms with van der Waals surface area (Å²) in [5.41, 5.74) is 2.50. The molecule has 0 radical (unpaired) electrons. The van der Waals surface area contributed by atoms with Gasteiger partial charge < -0.3 is 24.6 Å². The average Bonchev–Trinajstić information content (AvgIpc) is 2.71. The monoisotopic (exact) mass is 445 g/mol. The van der Waals surface area contributed by atoms with Crippen LogP contribution in [-0.4, -0.2) is 36.9 Å². The van der Waals surface area contributed by atoms with E-state index < -0.39 is 17.9 Å². The molecule has 0 aromatic heterocycles. The summed E-state index contributed by atoms with van der Waals surface area (Å²) in [5, 5.41) is 13.3. The van der Waals surface area contributed by atoms with Crippen LogP contribution in [0.1, 0.15) is 59.9 Å². The highest BCUT2D eigenvalue weighted by Gasteiger charge is 2.38. The first-order valence-electron chi connectivity index (χ1n) is 11.0. The van der Waals surface area contributed by atoms with Gasteiger partial charge in [-0.2, -0.15) is 0 Å². The SMILES string of the molecule is CCOc1cc(C2C(C(=O)OCC(C)C)=C(C)NC(C)=C2C(=O)OCC(C)C)ccc1O. The van der Waals surface area contributed by atoms with E-state index in [0.29, 0.717) is 34.7 Å². The van der Waals surface area contributed by atoms with Crippen LogP contribution in [-0.2, 0) is 19.1 Å². The van der Waals surface area contributed by atoms with Crippen LogP contribution < -0.4 is 10.1 Å². The van der Waals surface area contributed by atoms with Crippen LogP contribution in [0.3, 0.4) is 0 Å². The molecule has 0 amide bonds. The van der Waals surface area contributed by atoms with E-state index in [4.69, 9.17) is 14.2 Å². The van der Waals surface area contributed by atoms with Crippen molar-refractivity contribution in [3.05, 3.63) is 46.3 Å². The second-order valence-electron chi connectivity index (χ2n) is 8.78. The topological polar surface area (TPSA) is 94.1 Å². The van der Waals surface area contributed by atoms with Gasteiger partial charge in [-0.25, -0.2) is 9.59 Å². The number of nitrogens with one attached hydrogen (secondary N) is 1. The number of phenols is 1. The number of aromatic hydroxyl groups is 1. The third kappa shape index (κ3) is 6.05. The number of carbonyl (C=O) groups excluding carboxylic acids is 2. The Balaban J connectivity index is 2.60. The molecular formula is C25H35NO6. The lowest BCUT2D eigenvalue weighted by atomic mass is 9.80. The van der Waals surface area contributed by atoms with Crippen molar-refractivity contribution in [2.75, 3.05) is 19.8 Å². The lowest BCUT2D eigenvalue weighted by molar-refractivity contribution is -0.141. The van der Waals surface area contributed by atoms with Gasteiger partial charge in [0.05, 0.1) is 36.9 Å². The van der Waals surface area contributed by atoms with E-state index >= 15 is 0 Å². The zero-order chi connectivity index (χ0) is 24.0. The summed E-state index contributed by atoms with van der Waals surface area (Å²) < 4.78 is 16.6. The molecule has 0 aliphatic carbocycles. The number of carbonyl (C=O) groups is 2. The maximum Gasteiger partial charge on any atom is 0.336 e. The van der Waals surface area contributed by atoms with E-state index in [9.17, 15) is 14.7 Å². The van der Waals surface area contributed by atoms with Gasteiger partial charge in [0.2, 0.25) is 0 Å². The third-order valence-electron chi connectivity index (χ3n) is 4.91. The Labute approximate surface area is 190 Å². The minimum Gasteiger partial charge on any atom is -0.504 e. The Morgan fingerprint density at radius 3 is 1.91 bits per heavy atom. The summed E-state index contributed by atoms with van der Waals surface area (Å²) in [6, 6.07) is 4.84. The molecule has 2 N–H and O–H groups in total. The predicted octanol–water partition coefficient (Wildman–Crippen LogP) is 4.42. The molecule has 0 saturated heterocycles. The van der Waals surface area contributed by atoms with Crippen molar-refractivity contribution in [3.63, 3.8) is 0 Å². The van der Waals surface area contributed by atoms with Gasteiger partial charge in [0.25, 0.3) is 0 Å². The Morgan fingerprint density at radius 1 is 0.969 bits per heavy atom. The fourth-order valence-corrected chi connectivity index (χ4v) is 3.49. The van der Waals surface area contributed by atoms with Gasteiger partial charge in [-0.1, -0.05) is 33.8 Å². The average molecular weight is 446 g/mol. The fraction of sp³-hybridized carbons (Fsp3) is 0.520. The number of esters is 2. The van der Waals surface area contributed by atoms with E-state index in [1.54, 1.807) is 26.0 Å². The summed E-state index contributed by atoms with van der Waals surface area (Å²) in [4.78, 5) is 26.3. The first kappa shape index (κ1) is 25.3. The minimum absolute atomic E-state index is 0.0150. The number of allylic oxidation sites excluding steroid dienone is 2. The Hall–Kier alpha value is -2.96. The molecule has 0 fully saturated rings. The number of ether oxygens (including phenoxy) is 3. The van der Waals surface area contributed by atoms with E-state index in [-0.39, 0.29) is 36.5 Å². The Kier molecular flexibility index (Phi) is 8.75. The van der Waals surface area contributed by atoms with E-state index in [1.165, 1.54) is 6.07 Å². The van der Waals surface area contributed by atoms with Crippen molar-refractivity contribution in [1.82, 2.24) is 5.32 Å². The molecule has 1 aromatic rings. The molecule has 0 spiro atoms. The molecule has 32 heavy (non-hydrogen) atoms. The molecule has 0 saturated carbocycles. The highest BCUT2D eigenvalue weighted by atomic mass is 16.5. The number of rotatable bonds is 9. The van der Waals surface area contributed by atoms with Crippen molar-refractivity contribution in [2.45, 2.75) is 54.4 Å². The lowest BCUT2D eigenvalue weighted by Crippen LogP contribution is -2.33. The molecule has 7 nitrogen and oxygen atoms in total. The fourth-order valence-electron chi connectivity index (χ4n) is 3.49. The molecular weight excluding hydrogens is 410 g/mol. The Bertz CT molecular complexity index is 867. The third-order valence-corrected chi connectivity index (χ3v) is 4.91. The zero-order valence-electron chi connectivity index (χ0n) is 20.1. The van der Waals surface area contributed by atoms with Gasteiger partial charge in [-0.05, 0) is 50.3 Å². The van der Waals surface area contributed by atoms with Crippen molar-refractivity contribution in [3.8, 4) is 11.5 Å². The summed E-state index contributed by atoms with van der Waals surface area (Å²) in [6.07, 6.45) is 0. The largest absolute Gasteiger partial charge is 0.504 e. The molecule has 1 heterocycles. The molecule has 0 bridgehead atoms. The first-order valence-corrected chi connectivity index (χ1v) is 11.0. The van der Waals surface area contributed by atoms with Crippen LogP contribution >= 0.6 is 0 Å². The van der Waals surface area contributed by atoms with Crippen molar-refractivity contribution < 1.29 is 28.9 Å². The summed E-state index contributed by atoms with van der Waals surface area (Å²) in [5.74, 6) is -1.12. The number of benzene rings is 1. The quantitative estimate of drug-likeness (QED) is 0.543. The summed E-state index contributed by atoms with van der Waals surface area (Å²) in [7, 11) is 0. The lowest BCUT2D eigenvalue weighted by Gasteiger charge is -2.31. The second-order valence-corrected chi connectivity index (χ2v) is 8.78. The summed E-state index contributed by atoms with van der Waals surface area (Å²) >= 11 is 0. The first-order chi connectivity index (χ1) is 15.1. The number of dihydropyridines is 1.